The Balaban J connectivity index is 1.69. The molecule has 0 saturated heterocycles. The number of hydrogen-bond donors (Lipinski definition) is 3. The van der Waals surface area contributed by atoms with Crippen molar-refractivity contribution in [1.82, 2.24) is 5.43 Å². The van der Waals surface area contributed by atoms with E-state index in [2.05, 4.69) is 34.9 Å². The molecule has 0 atom stereocenters. The highest BCUT2D eigenvalue weighted by molar-refractivity contribution is 7.80. The first-order chi connectivity index (χ1) is 14.2. The molecule has 0 radical (unpaired) electrons. The molecule has 0 bridgehead atoms. The number of anilines is 1. The maximum atomic E-state index is 6.11. The second-order valence-electron chi connectivity index (χ2n) is 6.33. The van der Waals surface area contributed by atoms with E-state index in [0.29, 0.717) is 23.2 Å². The number of aryl methyl sites for hydroxylation is 1. The fraction of sp³-hybridized carbons (Fsp3) is 0.130. The number of thiocarbonyl (C=S) groups is 1. The fourth-order valence-corrected chi connectivity index (χ4v) is 2.92. The predicted molar refractivity (Wildman–Crippen MR) is 120 cm³/mol. The van der Waals surface area contributed by atoms with E-state index in [9.17, 15) is 0 Å². The highest BCUT2D eigenvalue weighted by Crippen LogP contribution is 2.30. The Morgan fingerprint density at radius 1 is 1.00 bits per heavy atom. The number of hydrazone groups is 1. The molecule has 3 N–H and O–H groups in total. The summed E-state index contributed by atoms with van der Waals surface area (Å²) in [5, 5.41) is 6.57. The van der Waals surface area contributed by atoms with Crippen LogP contribution in [0.3, 0.4) is 0 Å². The summed E-state index contributed by atoms with van der Waals surface area (Å²) < 4.78 is 11.6. The van der Waals surface area contributed by atoms with Crippen molar-refractivity contribution in [2.75, 3.05) is 12.4 Å². The first-order valence-electron chi connectivity index (χ1n) is 9.22. The Kier molecular flexibility index (Phi) is 7.19. The van der Waals surface area contributed by atoms with Crippen LogP contribution < -0.4 is 25.3 Å². The highest BCUT2D eigenvalue weighted by Gasteiger charge is 2.12. The van der Waals surface area contributed by atoms with Gasteiger partial charge in [0.05, 0.1) is 12.7 Å². The monoisotopic (exact) mass is 406 g/mol. The van der Waals surface area contributed by atoms with Crippen molar-refractivity contribution in [1.29, 1.82) is 0 Å². The molecule has 3 rings (SSSR count). The molecule has 0 fully saturated rings. The number of methoxy groups -OCH3 is 1. The highest BCUT2D eigenvalue weighted by atomic mass is 32.1. The number of ether oxygens (including phenoxy) is 2. The minimum absolute atomic E-state index is 0.454. The maximum absolute atomic E-state index is 6.11. The lowest BCUT2D eigenvalue weighted by atomic mass is 10.1. The van der Waals surface area contributed by atoms with Crippen molar-refractivity contribution in [3.63, 3.8) is 0 Å². The van der Waals surface area contributed by atoms with E-state index in [-0.39, 0.29) is 0 Å². The normalized spacial score (nSPS) is 10.6. The Morgan fingerprint density at radius 2 is 1.76 bits per heavy atom. The van der Waals surface area contributed by atoms with Crippen LogP contribution >= 0.6 is 12.2 Å². The summed E-state index contributed by atoms with van der Waals surface area (Å²) in [5.74, 6) is 1.33. The van der Waals surface area contributed by atoms with Gasteiger partial charge < -0.3 is 14.8 Å². The van der Waals surface area contributed by atoms with Gasteiger partial charge in [-0.05, 0) is 54.5 Å². The van der Waals surface area contributed by atoms with Crippen LogP contribution in [0.25, 0.3) is 0 Å². The average Bonchev–Trinajstić information content (AvgIpc) is 2.74. The van der Waals surface area contributed by atoms with Gasteiger partial charge in [0.15, 0.2) is 11.5 Å². The van der Waals surface area contributed by atoms with Crippen molar-refractivity contribution >= 4 is 29.2 Å². The van der Waals surface area contributed by atoms with Gasteiger partial charge >= 0.3 is 0 Å². The number of rotatable bonds is 7. The second-order valence-corrected chi connectivity index (χ2v) is 6.74. The third-order valence-electron chi connectivity index (χ3n) is 4.31. The quantitative estimate of drug-likeness (QED) is 0.320. The average molecular weight is 407 g/mol. The van der Waals surface area contributed by atoms with Crippen LogP contribution in [0.4, 0.5) is 5.69 Å². The van der Waals surface area contributed by atoms with Crippen LogP contribution in [0.5, 0.6) is 11.5 Å². The van der Waals surface area contributed by atoms with Crippen LogP contribution in [0, 0.1) is 6.92 Å². The van der Waals surface area contributed by atoms with Crippen molar-refractivity contribution in [3.8, 4) is 11.5 Å². The number of hydrogen-bond acceptors (Lipinski definition) is 3. The van der Waals surface area contributed by atoms with E-state index in [0.717, 1.165) is 16.8 Å². The summed E-state index contributed by atoms with van der Waals surface area (Å²) in [5.41, 5.74) is 7.01. The van der Waals surface area contributed by atoms with Crippen LogP contribution in [0.15, 0.2) is 72.8 Å². The van der Waals surface area contributed by atoms with Crippen molar-refractivity contribution in [3.05, 3.63) is 89.5 Å². The van der Waals surface area contributed by atoms with Gasteiger partial charge in [-0.2, -0.15) is 0 Å². The molecule has 6 heteroatoms. The number of nitrogens with one attached hydrogen (secondary N) is 3. The van der Waals surface area contributed by atoms with E-state index < -0.39 is 0 Å². The van der Waals surface area contributed by atoms with E-state index >= 15 is 0 Å². The lowest BCUT2D eigenvalue weighted by Gasteiger charge is -2.13. The lowest BCUT2D eigenvalue weighted by molar-refractivity contribution is -0.499. The summed E-state index contributed by atoms with van der Waals surface area (Å²) in [6.07, 6.45) is 1.79. The predicted octanol–water partition coefficient (Wildman–Crippen LogP) is 2.98. The molecule has 148 valence electrons. The topological polar surface area (TPSA) is 56.5 Å². The Hall–Kier alpha value is -3.38. The molecule has 0 amide bonds. The Bertz CT molecular complexity index is 990. The molecule has 0 aromatic heterocycles. The molecule has 0 unspecified atom stereocenters. The molecule has 3 aromatic rings. The SMILES string of the molecule is COc1cccc(C=[NH+]NC(=S)Nc2ccccc2)c1OCc1ccccc1C. The van der Waals surface area contributed by atoms with E-state index in [4.69, 9.17) is 21.7 Å². The molecule has 29 heavy (non-hydrogen) atoms. The van der Waals surface area contributed by atoms with Gasteiger partial charge in [0.25, 0.3) is 0 Å². The van der Waals surface area contributed by atoms with Crippen LogP contribution in [0.1, 0.15) is 16.7 Å². The third kappa shape index (κ3) is 5.80. The number of hydrazine groups is 1. The molecule has 0 heterocycles. The van der Waals surface area contributed by atoms with Gasteiger partial charge in [0.1, 0.15) is 6.61 Å². The van der Waals surface area contributed by atoms with Gasteiger partial charge in [-0.25, -0.2) is 0 Å². The van der Waals surface area contributed by atoms with Crippen molar-refractivity contribution < 1.29 is 14.6 Å². The molecule has 0 spiro atoms. The number of para-hydroxylation sites is 2. The first-order valence-corrected chi connectivity index (χ1v) is 9.63. The van der Waals surface area contributed by atoms with Gasteiger partial charge in [-0.15, -0.1) is 10.5 Å². The molecule has 5 nitrogen and oxygen atoms in total. The number of benzene rings is 3. The van der Waals surface area contributed by atoms with E-state index in [1.807, 2.05) is 60.7 Å². The summed E-state index contributed by atoms with van der Waals surface area (Å²) in [6, 6.07) is 23.6. The van der Waals surface area contributed by atoms with Gasteiger partial charge in [0, 0.05) is 5.69 Å². The zero-order valence-corrected chi connectivity index (χ0v) is 17.3. The zero-order valence-electron chi connectivity index (χ0n) is 16.4. The maximum Gasteiger partial charge on any atom is 0.228 e. The van der Waals surface area contributed by atoms with Gasteiger partial charge in [0.2, 0.25) is 11.3 Å². The summed E-state index contributed by atoms with van der Waals surface area (Å²) in [4.78, 5) is 0. The Morgan fingerprint density at radius 3 is 2.52 bits per heavy atom. The van der Waals surface area contributed by atoms with Crippen LogP contribution in [-0.2, 0) is 6.61 Å². The molecule has 3 aromatic carbocycles. The van der Waals surface area contributed by atoms with Crippen LogP contribution in [0.2, 0.25) is 0 Å². The summed E-state index contributed by atoms with van der Waals surface area (Å²) in [7, 11) is 1.63. The zero-order chi connectivity index (χ0) is 20.5. The molecule has 0 aliphatic carbocycles. The minimum Gasteiger partial charge on any atom is -0.493 e. The molecule has 0 saturated carbocycles. The lowest BCUT2D eigenvalue weighted by Crippen LogP contribution is -2.82. The summed E-state index contributed by atoms with van der Waals surface area (Å²) >= 11 is 5.30. The van der Waals surface area contributed by atoms with E-state index in [1.165, 1.54) is 5.56 Å². The van der Waals surface area contributed by atoms with Gasteiger partial charge in [-0.1, -0.05) is 48.5 Å². The molecule has 0 aliphatic rings. The largest absolute Gasteiger partial charge is 0.493 e. The molecule has 0 aliphatic heterocycles. The fourth-order valence-electron chi connectivity index (χ4n) is 2.75. The second kappa shape index (κ2) is 10.2. The van der Waals surface area contributed by atoms with Gasteiger partial charge in [-0.3, -0.25) is 0 Å². The summed E-state index contributed by atoms with van der Waals surface area (Å²) in [6.45, 7) is 2.52. The van der Waals surface area contributed by atoms with E-state index in [1.54, 1.807) is 13.3 Å². The third-order valence-corrected chi connectivity index (χ3v) is 4.51. The Labute approximate surface area is 176 Å². The van der Waals surface area contributed by atoms with Crippen LogP contribution in [-0.4, -0.2) is 18.4 Å². The van der Waals surface area contributed by atoms with Crippen molar-refractivity contribution in [2.45, 2.75) is 13.5 Å². The standard InChI is InChI=1S/C23H23N3O2S/c1-17-9-6-7-10-19(17)16-28-22-18(11-8-14-21(22)27-2)15-24-26-23(29)25-20-12-4-3-5-13-20/h3-15H,16H2,1-2H3,(H2,25,26,29)/p+1. The first kappa shape index (κ1) is 20.4. The minimum atomic E-state index is 0.454. The molecular formula is C23H24N3O2S+. The molecular weight excluding hydrogens is 382 g/mol. The van der Waals surface area contributed by atoms with Crippen molar-refractivity contribution in [2.24, 2.45) is 0 Å². The smallest absolute Gasteiger partial charge is 0.228 e.